The van der Waals surface area contributed by atoms with Gasteiger partial charge in [-0.1, -0.05) is 0 Å². The van der Waals surface area contributed by atoms with Crippen LogP contribution in [0.25, 0.3) is 0 Å². The summed E-state index contributed by atoms with van der Waals surface area (Å²) < 4.78 is 41.6. The molecule has 0 fully saturated rings. The van der Waals surface area contributed by atoms with Crippen LogP contribution < -0.4 is 0 Å². The number of sulfonamides is 1. The SMILES string of the molecule is N#Cc1cc(S(=O)(=O)N2CCn3ccnc3C2)ccc1F. The quantitative estimate of drug-likeness (QED) is 0.832. The highest BCUT2D eigenvalue weighted by Gasteiger charge is 2.29. The van der Waals surface area contributed by atoms with Crippen LogP contribution in [0.2, 0.25) is 0 Å². The summed E-state index contributed by atoms with van der Waals surface area (Å²) in [6, 6.07) is 4.88. The van der Waals surface area contributed by atoms with Crippen LogP contribution in [0.15, 0.2) is 35.5 Å². The highest BCUT2D eigenvalue weighted by Crippen LogP contribution is 2.22. The number of halogens is 1. The molecule has 1 aromatic carbocycles. The second-order valence-corrected chi connectivity index (χ2v) is 6.57. The molecule has 2 heterocycles. The van der Waals surface area contributed by atoms with Gasteiger partial charge in [0.1, 0.15) is 17.7 Å². The average Bonchev–Trinajstić information content (AvgIpc) is 2.94. The van der Waals surface area contributed by atoms with Gasteiger partial charge in [0.2, 0.25) is 10.0 Å². The number of hydrogen-bond donors (Lipinski definition) is 0. The van der Waals surface area contributed by atoms with Crippen molar-refractivity contribution in [2.75, 3.05) is 6.54 Å². The fourth-order valence-electron chi connectivity index (χ4n) is 2.26. The number of nitrogens with zero attached hydrogens (tertiary/aromatic N) is 4. The van der Waals surface area contributed by atoms with Crippen molar-refractivity contribution in [2.24, 2.45) is 0 Å². The first-order valence-electron chi connectivity index (χ1n) is 6.22. The predicted molar refractivity (Wildman–Crippen MR) is 70.9 cm³/mol. The van der Waals surface area contributed by atoms with Gasteiger partial charge in [0, 0.05) is 25.5 Å². The second kappa shape index (κ2) is 4.95. The van der Waals surface area contributed by atoms with Crippen LogP contribution in [-0.4, -0.2) is 28.8 Å². The Balaban J connectivity index is 1.97. The normalized spacial score (nSPS) is 15.4. The van der Waals surface area contributed by atoms with Gasteiger partial charge in [-0.25, -0.2) is 17.8 Å². The summed E-state index contributed by atoms with van der Waals surface area (Å²) in [6.07, 6.45) is 3.42. The van der Waals surface area contributed by atoms with Gasteiger partial charge in [0.05, 0.1) is 17.0 Å². The molecule has 21 heavy (non-hydrogen) atoms. The van der Waals surface area contributed by atoms with E-state index >= 15 is 0 Å². The summed E-state index contributed by atoms with van der Waals surface area (Å²) in [5, 5.41) is 8.81. The van der Waals surface area contributed by atoms with Crippen molar-refractivity contribution in [3.8, 4) is 6.07 Å². The molecule has 2 aromatic rings. The minimum atomic E-state index is -3.77. The Labute approximate surface area is 121 Å². The van der Waals surface area contributed by atoms with Crippen LogP contribution in [0.3, 0.4) is 0 Å². The number of rotatable bonds is 2. The van der Waals surface area contributed by atoms with Gasteiger partial charge in [-0.2, -0.15) is 9.57 Å². The third kappa shape index (κ3) is 2.30. The Hall–Kier alpha value is -2.24. The summed E-state index contributed by atoms with van der Waals surface area (Å²) in [7, 11) is -3.77. The number of fused-ring (bicyclic) bond motifs is 1. The standard InChI is InChI=1S/C13H11FN4O2S/c14-12-2-1-11(7-10(12)8-15)21(19,20)18-6-5-17-4-3-16-13(17)9-18/h1-4,7H,5-6,9H2. The molecular weight excluding hydrogens is 295 g/mol. The summed E-state index contributed by atoms with van der Waals surface area (Å²) in [4.78, 5) is 4.02. The zero-order chi connectivity index (χ0) is 15.0. The fourth-order valence-corrected chi connectivity index (χ4v) is 3.67. The molecule has 0 amide bonds. The highest BCUT2D eigenvalue weighted by molar-refractivity contribution is 7.89. The smallest absolute Gasteiger partial charge is 0.243 e. The van der Waals surface area contributed by atoms with Crippen LogP contribution in [0.1, 0.15) is 11.4 Å². The van der Waals surface area contributed by atoms with Gasteiger partial charge in [-0.15, -0.1) is 0 Å². The summed E-state index contributed by atoms with van der Waals surface area (Å²) in [5.74, 6) is -0.0712. The van der Waals surface area contributed by atoms with Gasteiger partial charge in [-0.05, 0) is 18.2 Å². The molecule has 0 spiro atoms. The van der Waals surface area contributed by atoms with E-state index in [0.29, 0.717) is 18.9 Å². The van der Waals surface area contributed by atoms with Gasteiger partial charge in [0.25, 0.3) is 0 Å². The average molecular weight is 306 g/mol. The molecule has 6 nitrogen and oxygen atoms in total. The van der Waals surface area contributed by atoms with E-state index in [0.717, 1.165) is 12.1 Å². The molecule has 8 heteroatoms. The van der Waals surface area contributed by atoms with Gasteiger partial charge >= 0.3 is 0 Å². The Morgan fingerprint density at radius 3 is 2.90 bits per heavy atom. The summed E-state index contributed by atoms with van der Waals surface area (Å²) in [6.45, 7) is 0.987. The number of aromatic nitrogens is 2. The van der Waals surface area contributed by atoms with Gasteiger partial charge in [-0.3, -0.25) is 0 Å². The van der Waals surface area contributed by atoms with Crippen LogP contribution in [0, 0.1) is 17.1 Å². The fraction of sp³-hybridized carbons (Fsp3) is 0.231. The molecule has 108 valence electrons. The Kier molecular flexibility index (Phi) is 3.23. The molecule has 0 atom stereocenters. The molecular formula is C13H11FN4O2S. The first-order valence-corrected chi connectivity index (χ1v) is 7.66. The Morgan fingerprint density at radius 2 is 2.14 bits per heavy atom. The molecule has 0 aliphatic carbocycles. The van der Waals surface area contributed by atoms with Crippen LogP contribution in [0.4, 0.5) is 4.39 Å². The molecule has 3 rings (SSSR count). The Morgan fingerprint density at radius 1 is 1.33 bits per heavy atom. The van der Waals surface area contributed by atoms with Gasteiger partial charge in [0.15, 0.2) is 0 Å². The molecule has 0 radical (unpaired) electrons. The van der Waals surface area contributed by atoms with Crippen molar-refractivity contribution in [1.82, 2.24) is 13.9 Å². The molecule has 0 unspecified atom stereocenters. The predicted octanol–water partition coefficient (Wildman–Crippen LogP) is 1.10. The molecule has 0 N–H and O–H groups in total. The molecule has 0 bridgehead atoms. The lowest BCUT2D eigenvalue weighted by molar-refractivity contribution is 0.335. The maximum Gasteiger partial charge on any atom is 0.243 e. The topological polar surface area (TPSA) is 79.0 Å². The van der Waals surface area contributed by atoms with E-state index in [9.17, 15) is 12.8 Å². The van der Waals surface area contributed by atoms with Crippen molar-refractivity contribution in [3.63, 3.8) is 0 Å². The van der Waals surface area contributed by atoms with E-state index in [1.807, 2.05) is 4.57 Å². The summed E-state index contributed by atoms with van der Waals surface area (Å²) in [5.41, 5.74) is -0.283. The van der Waals surface area contributed by atoms with Crippen LogP contribution in [-0.2, 0) is 23.1 Å². The highest BCUT2D eigenvalue weighted by atomic mass is 32.2. The van der Waals surface area contributed by atoms with Crippen LogP contribution in [0.5, 0.6) is 0 Å². The third-order valence-electron chi connectivity index (χ3n) is 3.41. The largest absolute Gasteiger partial charge is 0.333 e. The molecule has 1 aromatic heterocycles. The second-order valence-electron chi connectivity index (χ2n) is 4.63. The van der Waals surface area contributed by atoms with Crippen molar-refractivity contribution < 1.29 is 12.8 Å². The lowest BCUT2D eigenvalue weighted by atomic mass is 10.2. The zero-order valence-corrected chi connectivity index (χ0v) is 11.7. The number of nitriles is 1. The molecule has 0 saturated carbocycles. The van der Waals surface area contributed by atoms with Crippen molar-refractivity contribution in [3.05, 3.63) is 47.8 Å². The van der Waals surface area contributed by atoms with Crippen LogP contribution >= 0.6 is 0 Å². The van der Waals surface area contributed by atoms with E-state index in [4.69, 9.17) is 5.26 Å². The molecule has 1 aliphatic heterocycles. The Bertz CT molecular complexity index is 838. The lowest BCUT2D eigenvalue weighted by Gasteiger charge is -2.27. The van der Waals surface area contributed by atoms with E-state index in [2.05, 4.69) is 4.98 Å². The van der Waals surface area contributed by atoms with E-state index in [1.165, 1.54) is 10.4 Å². The minimum absolute atomic E-state index is 0.0829. The first kappa shape index (κ1) is 13.7. The van der Waals surface area contributed by atoms with Crippen molar-refractivity contribution >= 4 is 10.0 Å². The monoisotopic (exact) mass is 306 g/mol. The summed E-state index contributed by atoms with van der Waals surface area (Å²) >= 11 is 0. The van der Waals surface area contributed by atoms with E-state index < -0.39 is 15.8 Å². The maximum absolute atomic E-state index is 13.3. The van der Waals surface area contributed by atoms with E-state index in [1.54, 1.807) is 18.5 Å². The van der Waals surface area contributed by atoms with Gasteiger partial charge < -0.3 is 4.57 Å². The van der Waals surface area contributed by atoms with E-state index in [-0.39, 0.29) is 17.0 Å². The lowest BCUT2D eigenvalue weighted by Crippen LogP contribution is -2.38. The third-order valence-corrected chi connectivity index (χ3v) is 5.25. The number of benzene rings is 1. The molecule has 1 aliphatic rings. The van der Waals surface area contributed by atoms with Crippen molar-refractivity contribution in [1.29, 1.82) is 5.26 Å². The number of hydrogen-bond acceptors (Lipinski definition) is 4. The maximum atomic E-state index is 13.3. The minimum Gasteiger partial charge on any atom is -0.333 e. The zero-order valence-electron chi connectivity index (χ0n) is 10.9. The van der Waals surface area contributed by atoms with Crippen molar-refractivity contribution in [2.45, 2.75) is 18.0 Å². The molecule has 0 saturated heterocycles. The first-order chi connectivity index (χ1) is 10.0. The number of imidazole rings is 1.